The van der Waals surface area contributed by atoms with E-state index in [-0.39, 0.29) is 18.3 Å². The largest absolute Gasteiger partial charge is 0.408 e. The van der Waals surface area contributed by atoms with E-state index in [1.54, 1.807) is 24.3 Å². The number of aromatic nitrogens is 3. The Morgan fingerprint density at radius 2 is 2.00 bits per heavy atom. The number of benzene rings is 1. The number of nitrogens with one attached hydrogen (secondary N) is 1. The molecule has 1 saturated heterocycles. The third kappa shape index (κ3) is 5.09. The Morgan fingerprint density at radius 1 is 1.25 bits per heavy atom. The van der Waals surface area contributed by atoms with Gasteiger partial charge >= 0.3 is 6.18 Å². The van der Waals surface area contributed by atoms with Gasteiger partial charge < -0.3 is 10.1 Å². The van der Waals surface area contributed by atoms with Crippen LogP contribution in [0.15, 0.2) is 30.3 Å². The maximum Gasteiger partial charge on any atom is 0.408 e. The predicted octanol–water partition coefficient (Wildman–Crippen LogP) is 3.50. The van der Waals surface area contributed by atoms with Crippen LogP contribution in [0.1, 0.15) is 55.5 Å². The molecule has 0 unspecified atom stereocenters. The first-order valence-corrected chi connectivity index (χ1v) is 9.33. The highest BCUT2D eigenvalue weighted by molar-refractivity contribution is 5.78. The minimum atomic E-state index is -4.44. The number of hydrogen-bond acceptors (Lipinski definition) is 4. The average molecular weight is 396 g/mol. The molecule has 1 aromatic heterocycles. The fourth-order valence-corrected chi connectivity index (χ4v) is 3.23. The SMILES string of the molecule is CCCCCc1nc([C@H]2OCC(=O)N[C@@H]2c2ccccc2)n(CC(F)(F)F)n1. The lowest BCUT2D eigenvalue weighted by Gasteiger charge is -2.32. The molecule has 1 aliphatic rings. The van der Waals surface area contributed by atoms with E-state index < -0.39 is 24.9 Å². The number of aryl methyl sites for hydroxylation is 1. The summed E-state index contributed by atoms with van der Waals surface area (Å²) in [4.78, 5) is 16.2. The van der Waals surface area contributed by atoms with Gasteiger partial charge in [-0.25, -0.2) is 9.67 Å². The minimum Gasteiger partial charge on any atom is -0.358 e. The van der Waals surface area contributed by atoms with Crippen molar-refractivity contribution in [2.45, 2.75) is 57.5 Å². The number of hydrogen-bond donors (Lipinski definition) is 1. The first kappa shape index (κ1) is 20.3. The number of morpholine rings is 1. The molecule has 152 valence electrons. The monoisotopic (exact) mass is 396 g/mol. The molecule has 28 heavy (non-hydrogen) atoms. The molecule has 0 bridgehead atoms. The van der Waals surface area contributed by atoms with Crippen LogP contribution in [0.2, 0.25) is 0 Å². The van der Waals surface area contributed by atoms with Crippen molar-refractivity contribution in [2.75, 3.05) is 6.61 Å². The van der Waals surface area contributed by atoms with Crippen LogP contribution in [0.5, 0.6) is 0 Å². The Hall–Kier alpha value is -2.42. The lowest BCUT2D eigenvalue weighted by molar-refractivity contribution is -0.147. The smallest absolute Gasteiger partial charge is 0.358 e. The van der Waals surface area contributed by atoms with Gasteiger partial charge in [-0.2, -0.15) is 18.3 Å². The molecule has 6 nitrogen and oxygen atoms in total. The van der Waals surface area contributed by atoms with Gasteiger partial charge in [-0.15, -0.1) is 0 Å². The predicted molar refractivity (Wildman–Crippen MR) is 95.3 cm³/mol. The van der Waals surface area contributed by atoms with Gasteiger partial charge in [-0.1, -0.05) is 50.1 Å². The zero-order valence-electron chi connectivity index (χ0n) is 15.6. The number of nitrogens with zero attached hydrogens (tertiary/aromatic N) is 3. The maximum absolute atomic E-state index is 13.1. The number of rotatable bonds is 7. The summed E-state index contributed by atoms with van der Waals surface area (Å²) in [6.07, 6.45) is -2.05. The highest BCUT2D eigenvalue weighted by atomic mass is 19.4. The molecule has 1 fully saturated rings. The van der Waals surface area contributed by atoms with Crippen LogP contribution in [-0.4, -0.2) is 33.5 Å². The third-order valence-corrected chi connectivity index (χ3v) is 4.50. The first-order chi connectivity index (χ1) is 13.4. The lowest BCUT2D eigenvalue weighted by Crippen LogP contribution is -2.42. The minimum absolute atomic E-state index is 0.0812. The molecule has 1 aromatic carbocycles. The van der Waals surface area contributed by atoms with Gasteiger partial charge in [0.2, 0.25) is 5.91 Å². The highest BCUT2D eigenvalue weighted by Gasteiger charge is 2.38. The molecular formula is C19H23F3N4O2. The van der Waals surface area contributed by atoms with Crippen LogP contribution in [0.3, 0.4) is 0 Å². The number of alkyl halides is 3. The second-order valence-corrected chi connectivity index (χ2v) is 6.80. The van der Waals surface area contributed by atoms with Crippen molar-refractivity contribution in [1.29, 1.82) is 0 Å². The zero-order chi connectivity index (χ0) is 20.1. The van der Waals surface area contributed by atoms with E-state index in [2.05, 4.69) is 15.4 Å². The number of unbranched alkanes of at least 4 members (excludes halogenated alkanes) is 2. The molecule has 9 heteroatoms. The summed E-state index contributed by atoms with van der Waals surface area (Å²) in [5.74, 6) is 0.118. The Balaban J connectivity index is 1.94. The van der Waals surface area contributed by atoms with Gasteiger partial charge in [0.1, 0.15) is 19.3 Å². The second kappa shape index (κ2) is 8.72. The van der Waals surface area contributed by atoms with E-state index in [9.17, 15) is 18.0 Å². The molecule has 2 aromatic rings. The summed E-state index contributed by atoms with van der Waals surface area (Å²) in [6, 6.07) is 8.36. The molecule has 2 heterocycles. The van der Waals surface area contributed by atoms with Gasteiger partial charge in [-0.3, -0.25) is 4.79 Å². The van der Waals surface area contributed by atoms with E-state index in [1.165, 1.54) is 0 Å². The van der Waals surface area contributed by atoms with Gasteiger partial charge in [0, 0.05) is 6.42 Å². The van der Waals surface area contributed by atoms with Gasteiger partial charge in [0.25, 0.3) is 0 Å². The van der Waals surface area contributed by atoms with Crippen LogP contribution in [0, 0.1) is 0 Å². The summed E-state index contributed by atoms with van der Waals surface area (Å²) >= 11 is 0. The third-order valence-electron chi connectivity index (χ3n) is 4.50. The van der Waals surface area contributed by atoms with Crippen LogP contribution in [-0.2, 0) is 22.5 Å². The Morgan fingerprint density at radius 3 is 2.68 bits per heavy atom. The number of carbonyl (C=O) groups excluding carboxylic acids is 1. The molecule has 1 aliphatic heterocycles. The van der Waals surface area contributed by atoms with Gasteiger partial charge in [-0.05, 0) is 12.0 Å². The van der Waals surface area contributed by atoms with Crippen molar-refractivity contribution < 1.29 is 22.7 Å². The number of amides is 1. The van der Waals surface area contributed by atoms with Crippen molar-refractivity contribution in [3.63, 3.8) is 0 Å². The zero-order valence-corrected chi connectivity index (χ0v) is 15.6. The number of ether oxygens (including phenoxy) is 1. The van der Waals surface area contributed by atoms with Crippen molar-refractivity contribution in [2.24, 2.45) is 0 Å². The van der Waals surface area contributed by atoms with Crippen molar-refractivity contribution in [3.8, 4) is 0 Å². The van der Waals surface area contributed by atoms with Crippen molar-refractivity contribution in [1.82, 2.24) is 20.1 Å². The fourth-order valence-electron chi connectivity index (χ4n) is 3.23. The van der Waals surface area contributed by atoms with E-state index in [4.69, 9.17) is 4.74 Å². The first-order valence-electron chi connectivity index (χ1n) is 9.33. The summed E-state index contributed by atoms with van der Waals surface area (Å²) < 4.78 is 45.8. The molecule has 0 saturated carbocycles. The molecule has 1 amide bonds. The second-order valence-electron chi connectivity index (χ2n) is 6.80. The Bertz CT molecular complexity index is 792. The summed E-state index contributed by atoms with van der Waals surface area (Å²) in [5, 5.41) is 6.89. The van der Waals surface area contributed by atoms with E-state index >= 15 is 0 Å². The maximum atomic E-state index is 13.1. The molecule has 0 aliphatic carbocycles. The van der Waals surface area contributed by atoms with Crippen molar-refractivity contribution in [3.05, 3.63) is 47.5 Å². The van der Waals surface area contributed by atoms with Crippen LogP contribution in [0.4, 0.5) is 13.2 Å². The normalized spacial score (nSPS) is 20.2. The quantitative estimate of drug-likeness (QED) is 0.728. The molecule has 1 N–H and O–H groups in total. The fraction of sp³-hybridized carbons (Fsp3) is 0.526. The highest BCUT2D eigenvalue weighted by Crippen LogP contribution is 2.34. The molecule has 2 atom stereocenters. The van der Waals surface area contributed by atoms with Gasteiger partial charge in [0.05, 0.1) is 6.04 Å². The van der Waals surface area contributed by atoms with Crippen LogP contribution in [0.25, 0.3) is 0 Å². The Kier molecular flexibility index (Phi) is 6.33. The lowest BCUT2D eigenvalue weighted by atomic mass is 9.99. The van der Waals surface area contributed by atoms with Crippen LogP contribution >= 0.6 is 0 Å². The molecule has 0 radical (unpaired) electrons. The van der Waals surface area contributed by atoms with E-state index in [0.717, 1.165) is 29.5 Å². The average Bonchev–Trinajstić information content (AvgIpc) is 3.03. The van der Waals surface area contributed by atoms with Gasteiger partial charge in [0.15, 0.2) is 11.6 Å². The standard InChI is InChI=1S/C19H23F3N4O2/c1-2-3-5-10-14-23-18(26(25-14)12-19(20,21)22)17-16(24-15(27)11-28-17)13-8-6-4-7-9-13/h4,6-9,16-17H,2-3,5,10-12H2,1H3,(H,24,27)/t16-,17+/m1/s1. The summed E-state index contributed by atoms with van der Waals surface area (Å²) in [5.41, 5.74) is 0.731. The van der Waals surface area contributed by atoms with Crippen LogP contribution < -0.4 is 5.32 Å². The summed E-state index contributed by atoms with van der Waals surface area (Å²) in [6.45, 7) is 0.556. The number of halogens is 3. The Labute approximate surface area is 161 Å². The summed E-state index contributed by atoms with van der Waals surface area (Å²) in [7, 11) is 0. The molecule has 0 spiro atoms. The van der Waals surface area contributed by atoms with E-state index in [1.807, 2.05) is 13.0 Å². The van der Waals surface area contributed by atoms with E-state index in [0.29, 0.717) is 12.2 Å². The molecule has 3 rings (SSSR count). The molecular weight excluding hydrogens is 373 g/mol. The topological polar surface area (TPSA) is 69.0 Å². The number of carbonyl (C=O) groups is 1. The van der Waals surface area contributed by atoms with Crippen molar-refractivity contribution >= 4 is 5.91 Å².